The van der Waals surface area contributed by atoms with Crippen LogP contribution in [0.15, 0.2) is 6.20 Å². The predicted octanol–water partition coefficient (Wildman–Crippen LogP) is 2.62. The van der Waals surface area contributed by atoms with Gasteiger partial charge in [0.05, 0.1) is 28.1 Å². The Bertz CT molecular complexity index is 733. The summed E-state index contributed by atoms with van der Waals surface area (Å²) >= 11 is 0. The lowest BCUT2D eigenvalue weighted by Gasteiger charge is -2.32. The zero-order valence-electron chi connectivity index (χ0n) is 19.0. The maximum Gasteiger partial charge on any atom is 0.637 e. The first kappa shape index (κ1) is 25.2. The molecule has 3 heterocycles. The van der Waals surface area contributed by atoms with Crippen LogP contribution in [0.3, 0.4) is 0 Å². The largest absolute Gasteiger partial charge is 0.637 e. The highest BCUT2D eigenvalue weighted by atomic mass is 19.4. The van der Waals surface area contributed by atoms with Crippen molar-refractivity contribution in [3.05, 3.63) is 11.9 Å². The molecule has 1 aromatic rings. The minimum absolute atomic E-state index is 0.410. The van der Waals surface area contributed by atoms with E-state index in [2.05, 4.69) is 5.10 Å². The molecule has 7 nitrogen and oxygen atoms in total. The summed E-state index contributed by atoms with van der Waals surface area (Å²) in [6, 6.07) is 0. The van der Waals surface area contributed by atoms with E-state index in [1.165, 1.54) is 6.20 Å². The van der Waals surface area contributed by atoms with Crippen molar-refractivity contribution in [3.8, 4) is 0 Å². The number of nitrogens with zero attached hydrogens (tertiary/aromatic N) is 2. The number of aryl methyl sites for hydroxylation is 1. The van der Waals surface area contributed by atoms with E-state index in [4.69, 9.17) is 23.6 Å². The van der Waals surface area contributed by atoms with E-state index in [-0.39, 0.29) is 0 Å². The second kappa shape index (κ2) is 7.81. The zero-order chi connectivity index (χ0) is 23.3. The van der Waals surface area contributed by atoms with Crippen molar-refractivity contribution in [1.29, 1.82) is 0 Å². The van der Waals surface area contributed by atoms with E-state index in [0.717, 1.165) is 4.68 Å². The molecule has 0 amide bonds. The van der Waals surface area contributed by atoms with Gasteiger partial charge in [0.2, 0.25) is 0 Å². The SMILES string of the molecule is CC1(C)OB(O)OC1(C)C.Cc1nn(CC(F)(F)F)cc1B1OC(C)(C)C(C)(C)O1. The summed E-state index contributed by atoms with van der Waals surface area (Å²) in [5.74, 6) is 0. The third-order valence-corrected chi connectivity index (χ3v) is 6.07. The van der Waals surface area contributed by atoms with Gasteiger partial charge in [-0.15, -0.1) is 0 Å². The first-order valence-corrected chi connectivity index (χ1v) is 9.76. The van der Waals surface area contributed by atoms with Crippen LogP contribution in [0.1, 0.15) is 61.1 Å². The van der Waals surface area contributed by atoms with Crippen LogP contribution in [0, 0.1) is 6.92 Å². The molecule has 170 valence electrons. The van der Waals surface area contributed by atoms with Crippen LogP contribution in [-0.2, 0) is 25.2 Å². The molecule has 0 bridgehead atoms. The summed E-state index contributed by atoms with van der Waals surface area (Å²) in [7, 11) is -1.76. The van der Waals surface area contributed by atoms with E-state index in [1.807, 2.05) is 55.4 Å². The summed E-state index contributed by atoms with van der Waals surface area (Å²) < 4.78 is 59.8. The third kappa shape index (κ3) is 5.40. The fourth-order valence-electron chi connectivity index (χ4n) is 2.81. The average molecular weight is 434 g/mol. The van der Waals surface area contributed by atoms with Crippen molar-refractivity contribution in [2.24, 2.45) is 0 Å². The lowest BCUT2D eigenvalue weighted by Crippen LogP contribution is -2.41. The molecule has 0 spiro atoms. The maximum absolute atomic E-state index is 12.4. The van der Waals surface area contributed by atoms with E-state index >= 15 is 0 Å². The van der Waals surface area contributed by atoms with Gasteiger partial charge in [0.25, 0.3) is 0 Å². The quantitative estimate of drug-likeness (QED) is 0.722. The van der Waals surface area contributed by atoms with Gasteiger partial charge in [0, 0.05) is 11.7 Å². The lowest BCUT2D eigenvalue weighted by atomic mass is 9.79. The van der Waals surface area contributed by atoms with Crippen LogP contribution in [0.2, 0.25) is 0 Å². The first-order valence-electron chi connectivity index (χ1n) is 9.76. The molecular formula is C18H31B2F3N2O5. The van der Waals surface area contributed by atoms with Gasteiger partial charge in [-0.3, -0.25) is 4.68 Å². The molecule has 0 aliphatic carbocycles. The molecule has 2 fully saturated rings. The van der Waals surface area contributed by atoms with Gasteiger partial charge in [-0.1, -0.05) is 0 Å². The van der Waals surface area contributed by atoms with Crippen molar-refractivity contribution in [2.75, 3.05) is 0 Å². The number of halogens is 3. The number of rotatable bonds is 2. The molecule has 0 unspecified atom stereocenters. The van der Waals surface area contributed by atoms with Gasteiger partial charge in [-0.05, 0) is 62.3 Å². The molecule has 12 heteroatoms. The van der Waals surface area contributed by atoms with Crippen LogP contribution in [-0.4, -0.2) is 57.8 Å². The van der Waals surface area contributed by atoms with E-state index in [0.29, 0.717) is 11.2 Å². The molecule has 0 aromatic carbocycles. The van der Waals surface area contributed by atoms with Crippen molar-refractivity contribution in [3.63, 3.8) is 0 Å². The molecule has 0 saturated carbocycles. The third-order valence-electron chi connectivity index (χ3n) is 6.07. The Labute approximate surface area is 176 Å². The molecule has 2 aliphatic heterocycles. The fraction of sp³-hybridized carbons (Fsp3) is 0.833. The van der Waals surface area contributed by atoms with E-state index in [9.17, 15) is 13.2 Å². The monoisotopic (exact) mass is 434 g/mol. The Morgan fingerprint density at radius 3 is 1.63 bits per heavy atom. The Morgan fingerprint density at radius 2 is 1.30 bits per heavy atom. The Hall–Kier alpha value is -1.07. The summed E-state index contributed by atoms with van der Waals surface area (Å²) in [4.78, 5) is 0. The molecular weight excluding hydrogens is 403 g/mol. The van der Waals surface area contributed by atoms with Gasteiger partial charge in [-0.25, -0.2) is 0 Å². The van der Waals surface area contributed by atoms with E-state index < -0.39 is 49.6 Å². The molecule has 2 aliphatic rings. The smallest absolute Gasteiger partial charge is 0.402 e. The van der Waals surface area contributed by atoms with Gasteiger partial charge >= 0.3 is 20.6 Å². The highest BCUT2D eigenvalue weighted by Gasteiger charge is 2.53. The average Bonchev–Trinajstić information content (AvgIpc) is 2.99. The van der Waals surface area contributed by atoms with Crippen LogP contribution < -0.4 is 5.46 Å². The first-order chi connectivity index (χ1) is 13.3. The van der Waals surface area contributed by atoms with Gasteiger partial charge in [0.15, 0.2) is 0 Å². The fourth-order valence-corrected chi connectivity index (χ4v) is 2.81. The van der Waals surface area contributed by atoms with Crippen LogP contribution in [0.4, 0.5) is 13.2 Å². The number of hydrogen-bond acceptors (Lipinski definition) is 6. The van der Waals surface area contributed by atoms with E-state index in [1.54, 1.807) is 6.92 Å². The van der Waals surface area contributed by atoms with Crippen molar-refractivity contribution >= 4 is 19.9 Å². The summed E-state index contributed by atoms with van der Waals surface area (Å²) in [5.41, 5.74) is -0.869. The number of alkyl halides is 3. The molecule has 1 N–H and O–H groups in total. The molecule has 0 radical (unpaired) electrons. The van der Waals surface area contributed by atoms with Crippen LogP contribution in [0.5, 0.6) is 0 Å². The molecule has 30 heavy (non-hydrogen) atoms. The van der Waals surface area contributed by atoms with Gasteiger partial charge in [0.1, 0.15) is 6.54 Å². The molecule has 3 rings (SSSR count). The van der Waals surface area contributed by atoms with Crippen LogP contribution in [0.25, 0.3) is 0 Å². The summed E-state index contributed by atoms with van der Waals surface area (Å²) in [6.07, 6.45) is -2.96. The van der Waals surface area contributed by atoms with Gasteiger partial charge in [-0.2, -0.15) is 18.3 Å². The normalized spacial score (nSPS) is 24.0. The highest BCUT2D eigenvalue weighted by molar-refractivity contribution is 6.62. The topological polar surface area (TPSA) is 75.0 Å². The Balaban J connectivity index is 0.000000269. The van der Waals surface area contributed by atoms with Gasteiger partial charge < -0.3 is 23.6 Å². The van der Waals surface area contributed by atoms with Crippen molar-refractivity contribution in [2.45, 2.75) is 97.4 Å². The predicted molar refractivity (Wildman–Crippen MR) is 107 cm³/mol. The number of hydrogen-bond donors (Lipinski definition) is 1. The minimum atomic E-state index is -4.30. The zero-order valence-corrected chi connectivity index (χ0v) is 19.0. The standard InChI is InChI=1S/C12H18BF3N2O2.C6H13BO3/c1-8-9(6-18(17-8)7-12(14,15)16)13-19-10(2,3)11(4,5)20-13;1-5(2)6(3,4)10-7(8)9-5/h6H,7H2,1-5H3;8H,1-4H3. The molecule has 2 saturated heterocycles. The Kier molecular flexibility index (Phi) is 6.56. The van der Waals surface area contributed by atoms with Crippen molar-refractivity contribution < 1.29 is 36.8 Å². The second-order valence-electron chi connectivity index (χ2n) is 9.63. The highest BCUT2D eigenvalue weighted by Crippen LogP contribution is 2.37. The Morgan fingerprint density at radius 1 is 0.900 bits per heavy atom. The van der Waals surface area contributed by atoms with Crippen molar-refractivity contribution in [1.82, 2.24) is 9.78 Å². The molecule has 0 atom stereocenters. The minimum Gasteiger partial charge on any atom is -0.402 e. The summed E-state index contributed by atoms with van der Waals surface area (Å²) in [5, 5.41) is 12.8. The molecule has 1 aromatic heterocycles. The maximum atomic E-state index is 12.4. The second-order valence-corrected chi connectivity index (χ2v) is 9.63. The lowest BCUT2D eigenvalue weighted by molar-refractivity contribution is -0.142. The summed E-state index contributed by atoms with van der Waals surface area (Å²) in [6.45, 7) is 15.7. The van der Waals surface area contributed by atoms with Crippen LogP contribution >= 0.6 is 0 Å². The number of aromatic nitrogens is 2.